The first-order valence-electron chi connectivity index (χ1n) is 6.26. The SMILES string of the molecule is N#Cc1ccccc1N1C(=O)[C@H]2CC=CC[C@H]2C1=O. The Morgan fingerprint density at radius 1 is 1.05 bits per heavy atom. The summed E-state index contributed by atoms with van der Waals surface area (Å²) < 4.78 is 0. The fourth-order valence-electron chi connectivity index (χ4n) is 2.80. The molecule has 2 atom stereocenters. The maximum absolute atomic E-state index is 12.4. The second-order valence-electron chi connectivity index (χ2n) is 4.80. The van der Waals surface area contributed by atoms with E-state index in [4.69, 9.17) is 5.26 Å². The number of amides is 2. The third kappa shape index (κ3) is 1.66. The van der Waals surface area contributed by atoms with E-state index in [-0.39, 0.29) is 23.7 Å². The van der Waals surface area contributed by atoms with Crippen LogP contribution in [0.3, 0.4) is 0 Å². The Morgan fingerprint density at radius 3 is 2.21 bits per heavy atom. The minimum absolute atomic E-state index is 0.179. The minimum atomic E-state index is -0.260. The molecular formula is C15H12N2O2. The van der Waals surface area contributed by atoms with Gasteiger partial charge in [-0.25, -0.2) is 4.90 Å². The molecule has 0 N–H and O–H groups in total. The molecule has 0 aromatic heterocycles. The van der Waals surface area contributed by atoms with Crippen LogP contribution in [0.4, 0.5) is 5.69 Å². The number of carbonyl (C=O) groups is 2. The first kappa shape index (κ1) is 11.7. The Morgan fingerprint density at radius 2 is 1.63 bits per heavy atom. The van der Waals surface area contributed by atoms with Crippen LogP contribution in [0, 0.1) is 23.2 Å². The number of benzene rings is 1. The van der Waals surface area contributed by atoms with Gasteiger partial charge in [-0.2, -0.15) is 5.26 Å². The molecule has 0 saturated carbocycles. The lowest BCUT2D eigenvalue weighted by atomic mass is 9.85. The molecule has 0 spiro atoms. The van der Waals surface area contributed by atoms with E-state index in [9.17, 15) is 9.59 Å². The minimum Gasteiger partial charge on any atom is -0.274 e. The van der Waals surface area contributed by atoms with Gasteiger partial charge in [0.1, 0.15) is 6.07 Å². The second kappa shape index (κ2) is 4.36. The van der Waals surface area contributed by atoms with Crippen molar-refractivity contribution in [1.29, 1.82) is 5.26 Å². The second-order valence-corrected chi connectivity index (χ2v) is 4.80. The predicted octanol–water partition coefficient (Wildman–Crippen LogP) is 2.01. The number of para-hydroxylation sites is 1. The molecule has 0 radical (unpaired) electrons. The van der Waals surface area contributed by atoms with Gasteiger partial charge in [0.25, 0.3) is 0 Å². The molecule has 4 nitrogen and oxygen atoms in total. The zero-order valence-corrected chi connectivity index (χ0v) is 10.2. The van der Waals surface area contributed by atoms with Crippen molar-refractivity contribution in [2.75, 3.05) is 4.90 Å². The summed E-state index contributed by atoms with van der Waals surface area (Å²) in [6.45, 7) is 0. The van der Waals surface area contributed by atoms with E-state index in [0.717, 1.165) is 0 Å². The van der Waals surface area contributed by atoms with Crippen molar-refractivity contribution in [1.82, 2.24) is 0 Å². The number of nitriles is 1. The molecule has 2 aliphatic rings. The van der Waals surface area contributed by atoms with Crippen molar-refractivity contribution in [3.8, 4) is 6.07 Å². The van der Waals surface area contributed by atoms with E-state index < -0.39 is 0 Å². The Balaban J connectivity index is 2.05. The van der Waals surface area contributed by atoms with Gasteiger partial charge in [-0.1, -0.05) is 24.3 Å². The molecule has 1 aliphatic heterocycles. The Hall–Kier alpha value is -2.41. The summed E-state index contributed by atoms with van der Waals surface area (Å²) in [5.41, 5.74) is 0.769. The van der Waals surface area contributed by atoms with Crippen molar-refractivity contribution < 1.29 is 9.59 Å². The van der Waals surface area contributed by atoms with Gasteiger partial charge in [-0.3, -0.25) is 9.59 Å². The van der Waals surface area contributed by atoms with Crippen LogP contribution in [0.15, 0.2) is 36.4 Å². The summed E-state index contributed by atoms with van der Waals surface area (Å²) in [5, 5.41) is 9.10. The van der Waals surface area contributed by atoms with Gasteiger partial charge >= 0.3 is 0 Å². The zero-order chi connectivity index (χ0) is 13.4. The molecule has 0 bridgehead atoms. The van der Waals surface area contributed by atoms with Crippen molar-refractivity contribution in [3.05, 3.63) is 42.0 Å². The zero-order valence-electron chi connectivity index (χ0n) is 10.2. The van der Waals surface area contributed by atoms with Gasteiger partial charge in [0.15, 0.2) is 0 Å². The molecule has 0 unspecified atom stereocenters. The summed E-state index contributed by atoms with van der Waals surface area (Å²) >= 11 is 0. The molecule has 19 heavy (non-hydrogen) atoms. The number of hydrogen-bond acceptors (Lipinski definition) is 3. The van der Waals surface area contributed by atoms with Gasteiger partial charge in [0.2, 0.25) is 11.8 Å². The standard InChI is InChI=1S/C15H12N2O2/c16-9-10-5-1-4-8-13(10)17-14(18)11-6-2-3-7-12(11)15(17)19/h1-5,8,11-12H,6-7H2/t11-,12+. The number of imide groups is 1. The third-order valence-corrected chi connectivity index (χ3v) is 3.77. The van der Waals surface area contributed by atoms with E-state index in [1.165, 1.54) is 4.90 Å². The molecule has 2 amide bonds. The van der Waals surface area contributed by atoms with Crippen LogP contribution in [-0.2, 0) is 9.59 Å². The Kier molecular flexibility index (Phi) is 2.68. The maximum Gasteiger partial charge on any atom is 0.238 e. The molecule has 1 aromatic rings. The lowest BCUT2D eigenvalue weighted by Gasteiger charge is -2.15. The number of nitrogens with zero attached hydrogens (tertiary/aromatic N) is 2. The van der Waals surface area contributed by atoms with Crippen LogP contribution in [0.1, 0.15) is 18.4 Å². The third-order valence-electron chi connectivity index (χ3n) is 3.77. The summed E-state index contributed by atoms with van der Waals surface area (Å²) in [5.74, 6) is -0.877. The fraction of sp³-hybridized carbons (Fsp3) is 0.267. The van der Waals surface area contributed by atoms with Crippen LogP contribution in [0.2, 0.25) is 0 Å². The van der Waals surface area contributed by atoms with Gasteiger partial charge in [-0.15, -0.1) is 0 Å². The highest BCUT2D eigenvalue weighted by Crippen LogP contribution is 2.38. The lowest BCUT2D eigenvalue weighted by molar-refractivity contribution is -0.122. The van der Waals surface area contributed by atoms with Gasteiger partial charge < -0.3 is 0 Å². The van der Waals surface area contributed by atoms with E-state index in [1.807, 2.05) is 18.2 Å². The van der Waals surface area contributed by atoms with Crippen molar-refractivity contribution >= 4 is 17.5 Å². The summed E-state index contributed by atoms with van der Waals surface area (Å²) in [6.07, 6.45) is 5.12. The highest BCUT2D eigenvalue weighted by molar-refractivity contribution is 6.22. The number of anilines is 1. The number of carbonyl (C=O) groups excluding carboxylic acids is 2. The molecule has 4 heteroatoms. The average Bonchev–Trinajstić information content (AvgIpc) is 2.71. The van der Waals surface area contributed by atoms with E-state index in [0.29, 0.717) is 24.1 Å². The number of fused-ring (bicyclic) bond motifs is 1. The van der Waals surface area contributed by atoms with Crippen molar-refractivity contribution in [2.24, 2.45) is 11.8 Å². The molecular weight excluding hydrogens is 240 g/mol. The van der Waals surface area contributed by atoms with Crippen molar-refractivity contribution in [2.45, 2.75) is 12.8 Å². The number of hydrogen-bond donors (Lipinski definition) is 0. The van der Waals surface area contributed by atoms with E-state index in [2.05, 4.69) is 0 Å². The average molecular weight is 252 g/mol. The van der Waals surface area contributed by atoms with Crippen LogP contribution >= 0.6 is 0 Å². The number of allylic oxidation sites excluding steroid dienone is 2. The first-order chi connectivity index (χ1) is 9.24. The lowest BCUT2D eigenvalue weighted by Crippen LogP contribution is -2.31. The van der Waals surface area contributed by atoms with E-state index >= 15 is 0 Å². The van der Waals surface area contributed by atoms with Crippen LogP contribution in [0.25, 0.3) is 0 Å². The monoisotopic (exact) mass is 252 g/mol. The summed E-state index contributed by atoms with van der Waals surface area (Å²) in [6, 6.07) is 8.76. The fourth-order valence-corrected chi connectivity index (χ4v) is 2.80. The molecule has 1 aromatic carbocycles. The predicted molar refractivity (Wildman–Crippen MR) is 69.0 cm³/mol. The largest absolute Gasteiger partial charge is 0.274 e. The molecule has 1 saturated heterocycles. The van der Waals surface area contributed by atoms with Crippen LogP contribution in [0.5, 0.6) is 0 Å². The van der Waals surface area contributed by atoms with Crippen LogP contribution in [-0.4, -0.2) is 11.8 Å². The maximum atomic E-state index is 12.4. The smallest absolute Gasteiger partial charge is 0.238 e. The van der Waals surface area contributed by atoms with Gasteiger partial charge in [0.05, 0.1) is 23.1 Å². The summed E-state index contributed by atoms with van der Waals surface area (Å²) in [4.78, 5) is 26.0. The summed E-state index contributed by atoms with van der Waals surface area (Å²) in [7, 11) is 0. The highest BCUT2D eigenvalue weighted by atomic mass is 16.2. The normalized spacial score (nSPS) is 25.3. The molecule has 1 heterocycles. The Labute approximate surface area is 110 Å². The molecule has 1 fully saturated rings. The van der Waals surface area contributed by atoms with Crippen molar-refractivity contribution in [3.63, 3.8) is 0 Å². The molecule has 3 rings (SSSR count). The van der Waals surface area contributed by atoms with Crippen LogP contribution < -0.4 is 4.90 Å². The topological polar surface area (TPSA) is 61.2 Å². The number of rotatable bonds is 1. The van der Waals surface area contributed by atoms with Gasteiger partial charge in [0, 0.05) is 0 Å². The molecule has 94 valence electrons. The first-order valence-corrected chi connectivity index (χ1v) is 6.26. The van der Waals surface area contributed by atoms with E-state index in [1.54, 1.807) is 24.3 Å². The Bertz CT molecular complexity index is 601. The quantitative estimate of drug-likeness (QED) is 0.567. The highest BCUT2D eigenvalue weighted by Gasteiger charge is 2.48. The van der Waals surface area contributed by atoms with Gasteiger partial charge in [-0.05, 0) is 25.0 Å². The molecule has 1 aliphatic carbocycles.